The molecular formula is C15H15N3O3S2. The van der Waals surface area contributed by atoms with Crippen LogP contribution in [0.2, 0.25) is 0 Å². The summed E-state index contributed by atoms with van der Waals surface area (Å²) in [7, 11) is 1.33. The average Bonchev–Trinajstić information content (AvgIpc) is 3.23. The van der Waals surface area contributed by atoms with Crippen molar-refractivity contribution in [3.05, 3.63) is 50.2 Å². The minimum atomic E-state index is -0.583. The molecule has 8 heteroatoms. The van der Waals surface area contributed by atoms with E-state index in [0.717, 1.165) is 4.88 Å². The first kappa shape index (κ1) is 15.7. The molecule has 0 radical (unpaired) electrons. The highest BCUT2D eigenvalue weighted by Gasteiger charge is 2.37. The van der Waals surface area contributed by atoms with Gasteiger partial charge in [-0.3, -0.25) is 4.90 Å². The predicted octanol–water partition coefficient (Wildman–Crippen LogP) is 2.92. The van der Waals surface area contributed by atoms with Crippen LogP contribution in [0.4, 0.5) is 4.79 Å². The number of carbonyl (C=O) groups is 2. The van der Waals surface area contributed by atoms with Gasteiger partial charge < -0.3 is 10.1 Å². The molecule has 6 nitrogen and oxygen atoms in total. The van der Waals surface area contributed by atoms with Crippen molar-refractivity contribution in [1.29, 1.82) is 0 Å². The van der Waals surface area contributed by atoms with E-state index in [1.54, 1.807) is 28.7 Å². The zero-order chi connectivity index (χ0) is 16.4. The molecule has 0 aliphatic carbocycles. The molecule has 0 fully saturated rings. The molecule has 0 aromatic carbocycles. The van der Waals surface area contributed by atoms with Gasteiger partial charge in [-0.25, -0.2) is 14.6 Å². The van der Waals surface area contributed by atoms with E-state index in [4.69, 9.17) is 4.74 Å². The highest BCUT2D eigenvalue weighted by atomic mass is 32.1. The zero-order valence-electron chi connectivity index (χ0n) is 12.6. The van der Waals surface area contributed by atoms with Crippen LogP contribution in [0.5, 0.6) is 0 Å². The van der Waals surface area contributed by atoms with E-state index in [1.807, 2.05) is 22.9 Å². The second-order valence-electron chi connectivity index (χ2n) is 4.95. The maximum atomic E-state index is 12.5. The standard InChI is InChI=1S/C15H15N3O3S2/c1-9-12(14(19)21-2)13(11-7-22-8-16-11)17-15(20)18(9)6-10-4-3-5-23-10/h3-5,7-8,13H,6H2,1-2H3,(H,17,20)/t13-/m0/s1. The van der Waals surface area contributed by atoms with Gasteiger partial charge in [0.2, 0.25) is 0 Å². The Labute approximate surface area is 141 Å². The lowest BCUT2D eigenvalue weighted by molar-refractivity contribution is -0.136. The number of aromatic nitrogens is 1. The van der Waals surface area contributed by atoms with Crippen LogP contribution in [0.25, 0.3) is 0 Å². The molecule has 1 aliphatic rings. The van der Waals surface area contributed by atoms with Gasteiger partial charge in [0.25, 0.3) is 0 Å². The van der Waals surface area contributed by atoms with E-state index in [1.165, 1.54) is 18.4 Å². The Morgan fingerprint density at radius 2 is 2.35 bits per heavy atom. The number of nitrogens with one attached hydrogen (secondary N) is 1. The molecule has 0 spiro atoms. The Morgan fingerprint density at radius 3 is 2.96 bits per heavy atom. The van der Waals surface area contributed by atoms with Crippen LogP contribution in [0, 0.1) is 0 Å². The van der Waals surface area contributed by atoms with Crippen molar-refractivity contribution >= 4 is 34.7 Å². The molecule has 1 atom stereocenters. The Kier molecular flexibility index (Phi) is 4.44. The quantitative estimate of drug-likeness (QED) is 0.862. The summed E-state index contributed by atoms with van der Waals surface area (Å²) in [5.41, 5.74) is 3.31. The van der Waals surface area contributed by atoms with Crippen molar-refractivity contribution in [3.8, 4) is 0 Å². The van der Waals surface area contributed by atoms with Gasteiger partial charge >= 0.3 is 12.0 Å². The maximum Gasteiger partial charge on any atom is 0.338 e. The van der Waals surface area contributed by atoms with Gasteiger partial charge in [0.1, 0.15) is 6.04 Å². The molecule has 23 heavy (non-hydrogen) atoms. The van der Waals surface area contributed by atoms with Crippen LogP contribution in [0.15, 0.2) is 39.7 Å². The number of urea groups is 1. The first-order chi connectivity index (χ1) is 11.1. The SMILES string of the molecule is COC(=O)C1=C(C)N(Cc2cccs2)C(=O)N[C@H]1c1cscn1. The van der Waals surface area contributed by atoms with Gasteiger partial charge in [0, 0.05) is 16.0 Å². The molecule has 1 aliphatic heterocycles. The Balaban J connectivity index is 2.01. The lowest BCUT2D eigenvalue weighted by Crippen LogP contribution is -2.47. The number of hydrogen-bond donors (Lipinski definition) is 1. The molecular weight excluding hydrogens is 334 g/mol. The first-order valence-electron chi connectivity index (χ1n) is 6.89. The van der Waals surface area contributed by atoms with E-state index >= 15 is 0 Å². The molecule has 0 saturated heterocycles. The number of carbonyl (C=O) groups excluding carboxylic acids is 2. The Morgan fingerprint density at radius 1 is 1.52 bits per heavy atom. The zero-order valence-corrected chi connectivity index (χ0v) is 14.2. The van der Waals surface area contributed by atoms with Crippen LogP contribution in [0.1, 0.15) is 23.5 Å². The first-order valence-corrected chi connectivity index (χ1v) is 8.71. The summed E-state index contributed by atoms with van der Waals surface area (Å²) in [6.07, 6.45) is 0. The highest BCUT2D eigenvalue weighted by molar-refractivity contribution is 7.09. The molecule has 3 rings (SSSR count). The molecule has 0 bridgehead atoms. The normalized spacial score (nSPS) is 18.1. The number of methoxy groups -OCH3 is 1. The summed E-state index contributed by atoms with van der Waals surface area (Å²) in [5, 5.41) is 6.62. The van der Waals surface area contributed by atoms with Crippen molar-refractivity contribution < 1.29 is 14.3 Å². The van der Waals surface area contributed by atoms with Gasteiger partial charge in [0.05, 0.1) is 30.4 Å². The van der Waals surface area contributed by atoms with Crippen LogP contribution in [0.3, 0.4) is 0 Å². The lowest BCUT2D eigenvalue weighted by atomic mass is 9.99. The van der Waals surface area contributed by atoms with E-state index in [0.29, 0.717) is 23.5 Å². The summed E-state index contributed by atoms with van der Waals surface area (Å²) in [6.45, 7) is 2.18. The van der Waals surface area contributed by atoms with Gasteiger partial charge in [-0.2, -0.15) is 0 Å². The Bertz CT molecular complexity index is 738. The lowest BCUT2D eigenvalue weighted by Gasteiger charge is -2.34. The number of thiazole rings is 1. The van der Waals surface area contributed by atoms with Gasteiger partial charge in [-0.15, -0.1) is 22.7 Å². The van der Waals surface area contributed by atoms with E-state index in [9.17, 15) is 9.59 Å². The van der Waals surface area contributed by atoms with Crippen molar-refractivity contribution in [2.75, 3.05) is 7.11 Å². The molecule has 120 valence electrons. The van der Waals surface area contributed by atoms with Crippen LogP contribution >= 0.6 is 22.7 Å². The summed E-state index contributed by atoms with van der Waals surface area (Å²) in [5.74, 6) is -0.461. The second kappa shape index (κ2) is 6.51. The number of thiophene rings is 1. The average molecular weight is 349 g/mol. The topological polar surface area (TPSA) is 71.5 Å². The second-order valence-corrected chi connectivity index (χ2v) is 6.70. The van der Waals surface area contributed by atoms with E-state index in [2.05, 4.69) is 10.3 Å². The molecule has 1 N–H and O–H groups in total. The number of nitrogens with zero attached hydrogens (tertiary/aromatic N) is 2. The fourth-order valence-electron chi connectivity index (χ4n) is 2.49. The summed E-state index contributed by atoms with van der Waals surface area (Å²) >= 11 is 2.98. The third-order valence-electron chi connectivity index (χ3n) is 3.64. The monoisotopic (exact) mass is 349 g/mol. The van der Waals surface area contributed by atoms with Crippen LogP contribution in [-0.2, 0) is 16.1 Å². The van der Waals surface area contributed by atoms with Crippen molar-refractivity contribution in [3.63, 3.8) is 0 Å². The fraction of sp³-hybridized carbons (Fsp3) is 0.267. The van der Waals surface area contributed by atoms with Gasteiger partial charge in [-0.1, -0.05) is 6.07 Å². The molecule has 2 amide bonds. The van der Waals surface area contributed by atoms with E-state index in [-0.39, 0.29) is 6.03 Å². The fourth-order valence-corrected chi connectivity index (χ4v) is 3.76. The summed E-state index contributed by atoms with van der Waals surface area (Å²) in [4.78, 5) is 31.6. The minimum Gasteiger partial charge on any atom is -0.466 e. The molecule has 2 aromatic rings. The van der Waals surface area contributed by atoms with Crippen LogP contribution < -0.4 is 5.32 Å². The third-order valence-corrected chi connectivity index (χ3v) is 5.11. The molecule has 0 unspecified atom stereocenters. The van der Waals surface area contributed by atoms with E-state index < -0.39 is 12.0 Å². The summed E-state index contributed by atoms with van der Waals surface area (Å²) < 4.78 is 4.91. The molecule has 0 saturated carbocycles. The number of rotatable bonds is 4. The molecule has 2 aromatic heterocycles. The predicted molar refractivity (Wildman–Crippen MR) is 88.0 cm³/mol. The van der Waals surface area contributed by atoms with Crippen molar-refractivity contribution in [2.24, 2.45) is 0 Å². The third kappa shape index (κ3) is 2.99. The Hall–Kier alpha value is -2.19. The van der Waals surface area contributed by atoms with Gasteiger partial charge in [-0.05, 0) is 18.4 Å². The highest BCUT2D eigenvalue weighted by Crippen LogP contribution is 2.32. The number of amides is 2. The minimum absolute atomic E-state index is 0.249. The number of esters is 1. The maximum absolute atomic E-state index is 12.5. The number of ether oxygens (including phenoxy) is 1. The van der Waals surface area contributed by atoms with Crippen molar-refractivity contribution in [2.45, 2.75) is 19.5 Å². The number of hydrogen-bond acceptors (Lipinski definition) is 6. The van der Waals surface area contributed by atoms with Crippen molar-refractivity contribution in [1.82, 2.24) is 15.2 Å². The smallest absolute Gasteiger partial charge is 0.338 e. The number of allylic oxidation sites excluding steroid dienone is 1. The summed E-state index contributed by atoms with van der Waals surface area (Å²) in [6, 6.07) is 3.05. The van der Waals surface area contributed by atoms with Crippen LogP contribution in [-0.4, -0.2) is 29.0 Å². The van der Waals surface area contributed by atoms with Gasteiger partial charge in [0.15, 0.2) is 0 Å². The molecule has 3 heterocycles. The largest absolute Gasteiger partial charge is 0.466 e.